The second kappa shape index (κ2) is 5.62. The maximum Gasteiger partial charge on any atom is 0.236 e. The fourth-order valence-electron chi connectivity index (χ4n) is 3.19. The lowest BCUT2D eigenvalue weighted by Gasteiger charge is -2.12. The first-order valence-electron chi connectivity index (χ1n) is 8.48. The molecule has 0 radical (unpaired) electrons. The highest BCUT2D eigenvalue weighted by Crippen LogP contribution is 2.49. The van der Waals surface area contributed by atoms with Crippen LogP contribution < -0.4 is 14.8 Å². The van der Waals surface area contributed by atoms with E-state index < -0.39 is 5.41 Å². The smallest absolute Gasteiger partial charge is 0.236 e. The molecule has 5 rings (SSSR count). The Bertz CT molecular complexity index is 976. The fraction of sp³-hybridized carbons (Fsp3) is 0.200. The Labute approximate surface area is 149 Å². The minimum Gasteiger partial charge on any atom is -0.454 e. The second-order valence-corrected chi connectivity index (χ2v) is 6.55. The van der Waals surface area contributed by atoms with E-state index in [-0.39, 0.29) is 12.7 Å². The average molecular weight is 348 g/mol. The lowest BCUT2D eigenvalue weighted by atomic mass is 10.00. The maximum atomic E-state index is 12.9. The molecule has 0 spiro atoms. The van der Waals surface area contributed by atoms with Gasteiger partial charge in [0.25, 0.3) is 0 Å². The maximum absolute atomic E-state index is 12.9. The summed E-state index contributed by atoms with van der Waals surface area (Å²) < 4.78 is 16.1. The Morgan fingerprint density at radius 2 is 1.81 bits per heavy atom. The van der Waals surface area contributed by atoms with Crippen molar-refractivity contribution < 1.29 is 18.8 Å². The molecule has 1 aromatic heterocycles. The summed E-state index contributed by atoms with van der Waals surface area (Å²) in [6, 6.07) is 17.0. The molecule has 2 heterocycles. The summed E-state index contributed by atoms with van der Waals surface area (Å²) in [4.78, 5) is 12.9. The van der Waals surface area contributed by atoms with Crippen LogP contribution in [-0.2, 0) is 10.2 Å². The number of amides is 1. The Balaban J connectivity index is 1.38. The Hall–Kier alpha value is -3.28. The van der Waals surface area contributed by atoms with Crippen molar-refractivity contribution >= 4 is 11.6 Å². The topological polar surface area (TPSA) is 73.6 Å². The highest BCUT2D eigenvalue weighted by atomic mass is 16.7. The van der Waals surface area contributed by atoms with Gasteiger partial charge in [-0.3, -0.25) is 4.79 Å². The molecule has 1 saturated carbocycles. The van der Waals surface area contributed by atoms with E-state index >= 15 is 0 Å². The predicted molar refractivity (Wildman–Crippen MR) is 94.0 cm³/mol. The SMILES string of the molecule is O=C(Nc1ccc2c(c1)OCO2)C1(c2cc(-c3ccccc3)on2)CC1. The number of ether oxygens (including phenoxy) is 2. The van der Waals surface area contributed by atoms with Gasteiger partial charge in [-0.1, -0.05) is 35.5 Å². The molecule has 2 aliphatic rings. The summed E-state index contributed by atoms with van der Waals surface area (Å²) in [5.41, 5.74) is 1.68. The molecule has 3 aromatic rings. The predicted octanol–water partition coefficient (Wildman–Crippen LogP) is 3.74. The van der Waals surface area contributed by atoms with E-state index in [9.17, 15) is 4.79 Å². The van der Waals surface area contributed by atoms with Crippen LogP contribution >= 0.6 is 0 Å². The molecule has 1 N–H and O–H groups in total. The summed E-state index contributed by atoms with van der Waals surface area (Å²) in [6.45, 7) is 0.206. The third-order valence-electron chi connectivity index (χ3n) is 4.87. The number of aromatic nitrogens is 1. The van der Waals surface area contributed by atoms with Gasteiger partial charge in [0, 0.05) is 23.4 Å². The van der Waals surface area contributed by atoms with Crippen molar-refractivity contribution in [2.75, 3.05) is 12.1 Å². The number of anilines is 1. The van der Waals surface area contributed by atoms with Crippen molar-refractivity contribution in [2.24, 2.45) is 0 Å². The van der Waals surface area contributed by atoms with Crippen molar-refractivity contribution in [3.05, 3.63) is 60.3 Å². The first kappa shape index (κ1) is 15.0. The van der Waals surface area contributed by atoms with Crippen molar-refractivity contribution in [3.8, 4) is 22.8 Å². The minimum atomic E-state index is -0.618. The molecule has 0 unspecified atom stereocenters. The molecule has 1 aliphatic carbocycles. The van der Waals surface area contributed by atoms with E-state index in [0.29, 0.717) is 28.6 Å². The average Bonchev–Trinajstić information content (AvgIpc) is 3.12. The van der Waals surface area contributed by atoms with Crippen LogP contribution in [0.15, 0.2) is 59.1 Å². The quantitative estimate of drug-likeness (QED) is 0.777. The summed E-state index contributed by atoms with van der Waals surface area (Å²) in [6.07, 6.45) is 1.51. The minimum absolute atomic E-state index is 0.0794. The van der Waals surface area contributed by atoms with Crippen molar-refractivity contribution in [1.82, 2.24) is 5.16 Å². The Morgan fingerprint density at radius 1 is 1.00 bits per heavy atom. The molecule has 6 heteroatoms. The summed E-state index contributed by atoms with van der Waals surface area (Å²) in [5, 5.41) is 7.13. The van der Waals surface area contributed by atoms with Crippen molar-refractivity contribution in [1.29, 1.82) is 0 Å². The van der Waals surface area contributed by atoms with Crippen LogP contribution in [-0.4, -0.2) is 17.9 Å². The molecule has 0 bridgehead atoms. The number of hydrogen-bond donors (Lipinski definition) is 1. The van der Waals surface area contributed by atoms with Gasteiger partial charge in [-0.15, -0.1) is 0 Å². The Kier molecular flexibility index (Phi) is 3.25. The summed E-state index contributed by atoms with van der Waals surface area (Å²) in [7, 11) is 0. The van der Waals surface area contributed by atoms with Crippen molar-refractivity contribution in [3.63, 3.8) is 0 Å². The number of fused-ring (bicyclic) bond motifs is 1. The molecule has 1 amide bonds. The molecule has 0 atom stereocenters. The van der Waals surface area contributed by atoms with Crippen LogP contribution in [0.3, 0.4) is 0 Å². The van der Waals surface area contributed by atoms with Gasteiger partial charge in [-0.05, 0) is 25.0 Å². The molecule has 1 aliphatic heterocycles. The van der Waals surface area contributed by atoms with E-state index in [2.05, 4.69) is 10.5 Å². The number of nitrogens with one attached hydrogen (secondary N) is 1. The highest BCUT2D eigenvalue weighted by Gasteiger charge is 2.53. The van der Waals surface area contributed by atoms with Crippen LogP contribution in [0.5, 0.6) is 11.5 Å². The monoisotopic (exact) mass is 348 g/mol. The zero-order valence-corrected chi connectivity index (χ0v) is 13.9. The number of benzene rings is 2. The molecule has 1 fully saturated rings. The number of carbonyl (C=O) groups is 1. The molecule has 0 saturated heterocycles. The molecule has 26 heavy (non-hydrogen) atoms. The first-order valence-corrected chi connectivity index (χ1v) is 8.48. The molecule has 2 aromatic carbocycles. The Morgan fingerprint density at radius 3 is 2.62 bits per heavy atom. The zero-order valence-electron chi connectivity index (χ0n) is 13.9. The van der Waals surface area contributed by atoms with Gasteiger partial charge >= 0.3 is 0 Å². The van der Waals surface area contributed by atoms with Gasteiger partial charge in [0.2, 0.25) is 12.7 Å². The lowest BCUT2D eigenvalue weighted by Crippen LogP contribution is -2.28. The summed E-state index contributed by atoms with van der Waals surface area (Å²) in [5.74, 6) is 1.92. The molecule has 130 valence electrons. The van der Waals surface area contributed by atoms with Gasteiger partial charge in [0.15, 0.2) is 17.3 Å². The second-order valence-electron chi connectivity index (χ2n) is 6.55. The zero-order chi connectivity index (χ0) is 17.6. The lowest BCUT2D eigenvalue weighted by molar-refractivity contribution is -0.118. The number of rotatable bonds is 4. The van der Waals surface area contributed by atoms with Gasteiger partial charge in [0.05, 0.1) is 11.1 Å². The van der Waals surface area contributed by atoms with Gasteiger partial charge in [0.1, 0.15) is 0 Å². The fourth-order valence-corrected chi connectivity index (χ4v) is 3.19. The number of nitrogens with zero attached hydrogens (tertiary/aromatic N) is 1. The third kappa shape index (κ3) is 2.42. The van der Waals surface area contributed by atoms with E-state index in [1.807, 2.05) is 36.4 Å². The first-order chi connectivity index (χ1) is 12.7. The van der Waals surface area contributed by atoms with E-state index in [0.717, 1.165) is 18.4 Å². The largest absolute Gasteiger partial charge is 0.454 e. The molecule has 6 nitrogen and oxygen atoms in total. The van der Waals surface area contributed by atoms with Crippen LogP contribution in [0, 0.1) is 0 Å². The van der Waals surface area contributed by atoms with Crippen LogP contribution in [0.4, 0.5) is 5.69 Å². The normalized spacial score (nSPS) is 16.3. The third-order valence-corrected chi connectivity index (χ3v) is 4.87. The number of hydrogen-bond acceptors (Lipinski definition) is 5. The highest BCUT2D eigenvalue weighted by molar-refractivity contribution is 6.01. The van der Waals surface area contributed by atoms with Crippen LogP contribution in [0.25, 0.3) is 11.3 Å². The van der Waals surface area contributed by atoms with E-state index in [4.69, 9.17) is 14.0 Å². The van der Waals surface area contributed by atoms with Crippen LogP contribution in [0.1, 0.15) is 18.5 Å². The van der Waals surface area contributed by atoms with Gasteiger partial charge in [-0.2, -0.15) is 0 Å². The van der Waals surface area contributed by atoms with Gasteiger partial charge < -0.3 is 19.3 Å². The standard InChI is InChI=1S/C20H16N2O4/c23-19(21-14-6-7-15-17(10-14)25-12-24-15)20(8-9-20)18-11-16(26-22-18)13-4-2-1-3-5-13/h1-7,10-11H,8-9,12H2,(H,21,23). The summed E-state index contributed by atoms with van der Waals surface area (Å²) >= 11 is 0. The van der Waals surface area contributed by atoms with E-state index in [1.165, 1.54) is 0 Å². The van der Waals surface area contributed by atoms with Gasteiger partial charge in [-0.25, -0.2) is 0 Å². The molecular formula is C20H16N2O4. The molecular weight excluding hydrogens is 332 g/mol. The van der Waals surface area contributed by atoms with Crippen LogP contribution in [0.2, 0.25) is 0 Å². The number of carbonyl (C=O) groups excluding carboxylic acids is 1. The van der Waals surface area contributed by atoms with E-state index in [1.54, 1.807) is 18.2 Å². The van der Waals surface area contributed by atoms with Crippen molar-refractivity contribution in [2.45, 2.75) is 18.3 Å².